The van der Waals surface area contributed by atoms with Crippen LogP contribution in [0.5, 0.6) is 0 Å². The summed E-state index contributed by atoms with van der Waals surface area (Å²) in [5.74, 6) is -0.295. The van der Waals surface area contributed by atoms with Gasteiger partial charge in [0.1, 0.15) is 17.0 Å². The molecule has 1 rings (SSSR count). The van der Waals surface area contributed by atoms with Gasteiger partial charge in [-0.3, -0.25) is 0 Å². The van der Waals surface area contributed by atoms with Gasteiger partial charge in [-0.1, -0.05) is 0 Å². The molecule has 1 aromatic rings. The van der Waals surface area contributed by atoms with Crippen LogP contribution in [-0.4, -0.2) is 29.6 Å². The number of nitriles is 2. The zero-order chi connectivity index (χ0) is 17.3. The van der Waals surface area contributed by atoms with Crippen molar-refractivity contribution in [3.8, 4) is 12.1 Å². The predicted molar refractivity (Wildman–Crippen MR) is 89.7 cm³/mol. The molecule has 5 nitrogen and oxygen atoms in total. The van der Waals surface area contributed by atoms with E-state index in [4.69, 9.17) is 15.3 Å². The van der Waals surface area contributed by atoms with Gasteiger partial charge in [0.15, 0.2) is 0 Å². The average molecular weight is 331 g/mol. The number of hydrogen-bond acceptors (Lipinski definition) is 6. The van der Waals surface area contributed by atoms with E-state index in [1.807, 2.05) is 32.9 Å². The van der Waals surface area contributed by atoms with Crippen molar-refractivity contribution in [2.24, 2.45) is 0 Å². The number of nitrogens with zero attached hydrogens (tertiary/aromatic N) is 3. The summed E-state index contributed by atoms with van der Waals surface area (Å²) in [5.41, 5.74) is -0.494. The summed E-state index contributed by atoms with van der Waals surface area (Å²) in [4.78, 5) is 15.5. The number of rotatable bonds is 7. The van der Waals surface area contributed by atoms with Crippen LogP contribution in [0.4, 0.5) is 0 Å². The topological polar surface area (TPSA) is 77.1 Å². The van der Waals surface area contributed by atoms with Gasteiger partial charge in [-0.2, -0.15) is 10.5 Å². The minimum atomic E-state index is -0.494. The fourth-order valence-corrected chi connectivity index (χ4v) is 2.77. The molecule has 0 aliphatic carbocycles. The van der Waals surface area contributed by atoms with Crippen molar-refractivity contribution in [2.75, 3.05) is 13.1 Å². The quantitative estimate of drug-likeness (QED) is 0.434. The Balaban J connectivity index is 2.50. The molecule has 23 heavy (non-hydrogen) atoms. The lowest BCUT2D eigenvalue weighted by molar-refractivity contribution is 0.00752. The summed E-state index contributed by atoms with van der Waals surface area (Å²) in [6.07, 6.45) is 4.65. The highest BCUT2D eigenvalue weighted by Gasteiger charge is 2.19. The zero-order valence-corrected chi connectivity index (χ0v) is 14.5. The third-order valence-electron chi connectivity index (χ3n) is 2.76. The van der Waals surface area contributed by atoms with Crippen molar-refractivity contribution >= 4 is 17.3 Å². The maximum absolute atomic E-state index is 12.0. The molecule has 0 aliphatic rings. The average Bonchev–Trinajstić information content (AvgIpc) is 2.92. The molecule has 0 atom stereocenters. The number of carbonyl (C=O) groups is 1. The SMILES string of the molecule is CC(C)(C)OC(=O)c1ccc(CCCN(/C=C\C#N)CC#N)s1. The van der Waals surface area contributed by atoms with Crippen LogP contribution in [0.3, 0.4) is 0 Å². The summed E-state index contributed by atoms with van der Waals surface area (Å²) in [6.45, 7) is 6.48. The summed E-state index contributed by atoms with van der Waals surface area (Å²) in [6, 6.07) is 7.71. The minimum Gasteiger partial charge on any atom is -0.456 e. The second kappa shape index (κ2) is 8.97. The third-order valence-corrected chi connectivity index (χ3v) is 3.89. The Morgan fingerprint density at radius 3 is 2.74 bits per heavy atom. The molecule has 0 saturated carbocycles. The molecule has 0 amide bonds. The van der Waals surface area contributed by atoms with Gasteiger partial charge in [0.05, 0.1) is 12.1 Å². The zero-order valence-electron chi connectivity index (χ0n) is 13.7. The van der Waals surface area contributed by atoms with Crippen molar-refractivity contribution in [1.82, 2.24) is 4.90 Å². The van der Waals surface area contributed by atoms with Gasteiger partial charge in [-0.15, -0.1) is 11.3 Å². The second-order valence-electron chi connectivity index (χ2n) is 5.94. The first kappa shape index (κ1) is 18.7. The smallest absolute Gasteiger partial charge is 0.348 e. The van der Waals surface area contributed by atoms with Gasteiger partial charge in [-0.05, 0) is 45.7 Å². The van der Waals surface area contributed by atoms with Crippen LogP contribution in [0.2, 0.25) is 0 Å². The maximum atomic E-state index is 12.0. The number of ether oxygens (including phenoxy) is 1. The molecule has 0 aromatic carbocycles. The van der Waals surface area contributed by atoms with Crippen LogP contribution < -0.4 is 0 Å². The van der Waals surface area contributed by atoms with E-state index in [1.54, 1.807) is 17.2 Å². The number of thiophene rings is 1. The van der Waals surface area contributed by atoms with Crippen molar-refractivity contribution in [3.63, 3.8) is 0 Å². The predicted octanol–water partition coefficient (Wildman–Crippen LogP) is 3.50. The fraction of sp³-hybridized carbons (Fsp3) is 0.471. The number of aryl methyl sites for hydroxylation is 1. The molecular formula is C17H21N3O2S. The van der Waals surface area contributed by atoms with Crippen LogP contribution in [0.1, 0.15) is 41.7 Å². The summed E-state index contributed by atoms with van der Waals surface area (Å²) >= 11 is 1.44. The van der Waals surface area contributed by atoms with E-state index in [9.17, 15) is 4.79 Å². The molecule has 0 N–H and O–H groups in total. The summed E-state index contributed by atoms with van der Waals surface area (Å²) < 4.78 is 5.34. The maximum Gasteiger partial charge on any atom is 0.348 e. The monoisotopic (exact) mass is 331 g/mol. The summed E-state index contributed by atoms with van der Waals surface area (Å²) in [5, 5.41) is 17.3. The van der Waals surface area contributed by atoms with Crippen molar-refractivity contribution in [1.29, 1.82) is 10.5 Å². The molecule has 0 fully saturated rings. The molecule has 1 heterocycles. The van der Waals surface area contributed by atoms with Gasteiger partial charge < -0.3 is 9.64 Å². The standard InChI is InChI=1S/C17H21N3O2S/c1-17(2,3)22-16(21)15-8-7-14(23-15)6-4-11-20(13-10-19)12-5-9-18/h5,7-8,12H,4,6,11,13H2,1-3H3/b12-5-. The molecular weight excluding hydrogens is 310 g/mol. The number of allylic oxidation sites excluding steroid dienone is 1. The first-order valence-electron chi connectivity index (χ1n) is 7.35. The minimum absolute atomic E-state index is 0.256. The van der Waals surface area contributed by atoms with Crippen LogP contribution in [0.25, 0.3) is 0 Å². The first-order valence-corrected chi connectivity index (χ1v) is 8.16. The van der Waals surface area contributed by atoms with Crippen molar-refractivity contribution in [3.05, 3.63) is 34.2 Å². The van der Waals surface area contributed by atoms with E-state index in [-0.39, 0.29) is 12.5 Å². The molecule has 0 bridgehead atoms. The Kier molecular flexibility index (Phi) is 7.31. The molecule has 1 aromatic heterocycles. The lowest BCUT2D eigenvalue weighted by atomic mass is 10.2. The highest BCUT2D eigenvalue weighted by atomic mass is 32.1. The van der Waals surface area contributed by atoms with E-state index in [0.717, 1.165) is 17.7 Å². The van der Waals surface area contributed by atoms with E-state index in [0.29, 0.717) is 11.4 Å². The Morgan fingerprint density at radius 2 is 2.13 bits per heavy atom. The van der Waals surface area contributed by atoms with Crippen LogP contribution in [0, 0.1) is 22.7 Å². The Morgan fingerprint density at radius 1 is 1.39 bits per heavy atom. The van der Waals surface area contributed by atoms with E-state index in [1.165, 1.54) is 17.4 Å². The van der Waals surface area contributed by atoms with Gasteiger partial charge in [-0.25, -0.2) is 4.79 Å². The van der Waals surface area contributed by atoms with Gasteiger partial charge in [0, 0.05) is 23.7 Å². The van der Waals surface area contributed by atoms with Crippen molar-refractivity contribution < 1.29 is 9.53 Å². The third kappa shape index (κ3) is 7.49. The molecule has 6 heteroatoms. The number of esters is 1. The highest BCUT2D eigenvalue weighted by molar-refractivity contribution is 7.13. The molecule has 0 spiro atoms. The normalized spacial score (nSPS) is 11.0. The molecule has 0 saturated heterocycles. The number of hydrogen-bond donors (Lipinski definition) is 0. The summed E-state index contributed by atoms with van der Waals surface area (Å²) in [7, 11) is 0. The lowest BCUT2D eigenvalue weighted by Gasteiger charge is -2.18. The number of carbonyl (C=O) groups excluding carboxylic acids is 1. The van der Waals surface area contributed by atoms with Crippen LogP contribution >= 0.6 is 11.3 Å². The Hall–Kier alpha value is -2.31. The van der Waals surface area contributed by atoms with Gasteiger partial charge in [0.25, 0.3) is 0 Å². The van der Waals surface area contributed by atoms with Crippen LogP contribution in [0.15, 0.2) is 24.4 Å². The molecule has 0 unspecified atom stereocenters. The first-order chi connectivity index (χ1) is 10.9. The van der Waals surface area contributed by atoms with Gasteiger partial charge >= 0.3 is 5.97 Å². The Labute approximate surface area is 141 Å². The fourth-order valence-electron chi connectivity index (χ4n) is 1.84. The van der Waals surface area contributed by atoms with E-state index < -0.39 is 5.60 Å². The van der Waals surface area contributed by atoms with Crippen molar-refractivity contribution in [2.45, 2.75) is 39.2 Å². The van der Waals surface area contributed by atoms with Crippen LogP contribution in [-0.2, 0) is 11.2 Å². The van der Waals surface area contributed by atoms with E-state index >= 15 is 0 Å². The molecule has 0 aliphatic heterocycles. The lowest BCUT2D eigenvalue weighted by Crippen LogP contribution is -2.23. The molecule has 0 radical (unpaired) electrons. The highest BCUT2D eigenvalue weighted by Crippen LogP contribution is 2.21. The largest absolute Gasteiger partial charge is 0.456 e. The van der Waals surface area contributed by atoms with Gasteiger partial charge in [0.2, 0.25) is 0 Å². The molecule has 122 valence electrons. The second-order valence-corrected chi connectivity index (χ2v) is 7.11. The van der Waals surface area contributed by atoms with E-state index in [2.05, 4.69) is 6.07 Å². The Bertz CT molecular complexity index is 629.